The van der Waals surface area contributed by atoms with Crippen LogP contribution in [0.4, 0.5) is 5.69 Å². The third-order valence-corrected chi connectivity index (χ3v) is 5.63. The van der Waals surface area contributed by atoms with Crippen molar-refractivity contribution >= 4 is 11.6 Å². The summed E-state index contributed by atoms with van der Waals surface area (Å²) in [7, 11) is 1.70. The van der Waals surface area contributed by atoms with Crippen molar-refractivity contribution in [3.05, 3.63) is 60.2 Å². The number of nitrogens with zero attached hydrogens (tertiary/aromatic N) is 3. The fraction of sp³-hybridized carbons (Fsp3) is 0.458. The molecule has 0 radical (unpaired) electrons. The molecule has 0 unspecified atom stereocenters. The van der Waals surface area contributed by atoms with Crippen LogP contribution >= 0.6 is 0 Å². The van der Waals surface area contributed by atoms with Gasteiger partial charge in [-0.15, -0.1) is 0 Å². The topological polar surface area (TPSA) is 36.0 Å². The predicted octanol–water partition coefficient (Wildman–Crippen LogP) is 3.64. The van der Waals surface area contributed by atoms with E-state index < -0.39 is 0 Å². The molecule has 1 aliphatic rings. The van der Waals surface area contributed by atoms with E-state index in [1.54, 1.807) is 7.11 Å². The third kappa shape index (κ3) is 5.73. The minimum absolute atomic E-state index is 0.253. The van der Waals surface area contributed by atoms with Crippen molar-refractivity contribution in [3.63, 3.8) is 0 Å². The SMILES string of the molecule is COc1ccccc1N1CCN(C(=O)CCN(Cc2ccccc2)C(C)C)CC1. The Bertz CT molecular complexity index is 771. The molecule has 29 heavy (non-hydrogen) atoms. The van der Waals surface area contributed by atoms with E-state index in [4.69, 9.17) is 4.74 Å². The van der Waals surface area contributed by atoms with E-state index in [1.807, 2.05) is 29.2 Å². The van der Waals surface area contributed by atoms with Gasteiger partial charge in [0.2, 0.25) is 5.91 Å². The van der Waals surface area contributed by atoms with Crippen LogP contribution in [-0.4, -0.2) is 61.6 Å². The van der Waals surface area contributed by atoms with Gasteiger partial charge in [0.15, 0.2) is 0 Å². The molecule has 156 valence electrons. The molecule has 0 atom stereocenters. The van der Waals surface area contributed by atoms with Gasteiger partial charge in [-0.25, -0.2) is 0 Å². The van der Waals surface area contributed by atoms with Crippen LogP contribution in [0, 0.1) is 0 Å². The number of benzene rings is 2. The Balaban J connectivity index is 1.50. The summed E-state index contributed by atoms with van der Waals surface area (Å²) in [5.41, 5.74) is 2.40. The average Bonchev–Trinajstić information content (AvgIpc) is 2.77. The zero-order chi connectivity index (χ0) is 20.6. The fourth-order valence-electron chi connectivity index (χ4n) is 3.82. The molecule has 1 saturated heterocycles. The van der Waals surface area contributed by atoms with Gasteiger partial charge in [0.05, 0.1) is 12.8 Å². The lowest BCUT2D eigenvalue weighted by atomic mass is 10.1. The zero-order valence-corrected chi connectivity index (χ0v) is 17.9. The molecular weight excluding hydrogens is 362 g/mol. The quantitative estimate of drug-likeness (QED) is 0.684. The number of anilines is 1. The summed E-state index contributed by atoms with van der Waals surface area (Å²) in [6.45, 7) is 9.26. The molecule has 2 aromatic carbocycles. The molecule has 0 aromatic heterocycles. The maximum atomic E-state index is 12.8. The van der Waals surface area contributed by atoms with Crippen LogP contribution < -0.4 is 9.64 Å². The number of amides is 1. The van der Waals surface area contributed by atoms with E-state index in [0.717, 1.165) is 50.7 Å². The molecule has 5 heteroatoms. The second kappa shape index (κ2) is 10.3. The van der Waals surface area contributed by atoms with Crippen molar-refractivity contribution < 1.29 is 9.53 Å². The highest BCUT2D eigenvalue weighted by molar-refractivity contribution is 5.76. The van der Waals surface area contributed by atoms with Crippen molar-refractivity contribution in [2.24, 2.45) is 0 Å². The molecule has 0 spiro atoms. The molecule has 0 aliphatic carbocycles. The number of rotatable bonds is 8. The fourth-order valence-corrected chi connectivity index (χ4v) is 3.82. The third-order valence-electron chi connectivity index (χ3n) is 5.63. The molecule has 0 saturated carbocycles. The van der Waals surface area contributed by atoms with Crippen molar-refractivity contribution in [1.29, 1.82) is 0 Å². The highest BCUT2D eigenvalue weighted by Crippen LogP contribution is 2.28. The first-order chi connectivity index (χ1) is 14.1. The van der Waals surface area contributed by atoms with Crippen molar-refractivity contribution in [2.45, 2.75) is 32.9 Å². The van der Waals surface area contributed by atoms with Crippen LogP contribution in [0.2, 0.25) is 0 Å². The molecule has 2 aromatic rings. The summed E-state index contributed by atoms with van der Waals surface area (Å²) < 4.78 is 5.48. The van der Waals surface area contributed by atoms with Crippen LogP contribution in [0.5, 0.6) is 5.75 Å². The number of piperazine rings is 1. The number of carbonyl (C=O) groups excluding carboxylic acids is 1. The Morgan fingerprint density at radius 2 is 1.66 bits per heavy atom. The van der Waals surface area contributed by atoms with E-state index in [9.17, 15) is 4.79 Å². The van der Waals surface area contributed by atoms with Gasteiger partial charge in [-0.1, -0.05) is 42.5 Å². The summed E-state index contributed by atoms with van der Waals surface area (Å²) in [4.78, 5) is 19.5. The van der Waals surface area contributed by atoms with Crippen molar-refractivity contribution in [2.75, 3.05) is 44.7 Å². The van der Waals surface area contributed by atoms with Crippen LogP contribution in [0.15, 0.2) is 54.6 Å². The first-order valence-electron chi connectivity index (χ1n) is 10.5. The number of ether oxygens (including phenoxy) is 1. The zero-order valence-electron chi connectivity index (χ0n) is 17.9. The molecule has 1 fully saturated rings. The standard InChI is InChI=1S/C24H33N3O2/c1-20(2)27(19-21-9-5-4-6-10-21)14-13-24(28)26-17-15-25(16-18-26)22-11-7-8-12-23(22)29-3/h4-12,20H,13-19H2,1-3H3. The Morgan fingerprint density at radius 1 is 1.00 bits per heavy atom. The largest absolute Gasteiger partial charge is 0.495 e. The van der Waals surface area contributed by atoms with E-state index in [2.05, 4.69) is 54.0 Å². The van der Waals surface area contributed by atoms with Gasteiger partial charge < -0.3 is 14.5 Å². The molecular formula is C24H33N3O2. The van der Waals surface area contributed by atoms with Gasteiger partial charge in [0.25, 0.3) is 0 Å². The minimum Gasteiger partial charge on any atom is -0.495 e. The van der Waals surface area contributed by atoms with Crippen molar-refractivity contribution in [3.8, 4) is 5.75 Å². The molecule has 0 N–H and O–H groups in total. The Hall–Kier alpha value is -2.53. The number of hydrogen-bond donors (Lipinski definition) is 0. The summed E-state index contributed by atoms with van der Waals surface area (Å²) in [6.07, 6.45) is 0.569. The Labute approximate surface area is 174 Å². The molecule has 3 rings (SSSR count). The summed E-state index contributed by atoms with van der Waals surface area (Å²) in [6, 6.07) is 19.0. The lowest BCUT2D eigenvalue weighted by molar-refractivity contribution is -0.132. The van der Waals surface area contributed by atoms with Crippen LogP contribution in [0.3, 0.4) is 0 Å². The lowest BCUT2D eigenvalue weighted by Crippen LogP contribution is -2.49. The molecule has 5 nitrogen and oxygen atoms in total. The predicted molar refractivity (Wildman–Crippen MR) is 118 cm³/mol. The summed E-state index contributed by atoms with van der Waals surface area (Å²) in [5.74, 6) is 1.14. The smallest absolute Gasteiger partial charge is 0.223 e. The van der Waals surface area contributed by atoms with E-state index >= 15 is 0 Å². The number of methoxy groups -OCH3 is 1. The van der Waals surface area contributed by atoms with Crippen LogP contribution in [0.25, 0.3) is 0 Å². The van der Waals surface area contributed by atoms with Gasteiger partial charge in [-0.2, -0.15) is 0 Å². The van der Waals surface area contributed by atoms with E-state index in [1.165, 1.54) is 5.56 Å². The normalized spacial score (nSPS) is 14.5. The summed E-state index contributed by atoms with van der Waals surface area (Å²) >= 11 is 0. The first-order valence-corrected chi connectivity index (χ1v) is 10.5. The number of carbonyl (C=O) groups is 1. The van der Waals surface area contributed by atoms with Gasteiger partial charge >= 0.3 is 0 Å². The van der Waals surface area contributed by atoms with Gasteiger partial charge in [0, 0.05) is 51.7 Å². The molecule has 0 bridgehead atoms. The maximum absolute atomic E-state index is 12.8. The summed E-state index contributed by atoms with van der Waals surface area (Å²) in [5, 5.41) is 0. The highest BCUT2D eigenvalue weighted by Gasteiger charge is 2.23. The first kappa shape index (κ1) is 21.2. The molecule has 1 amide bonds. The maximum Gasteiger partial charge on any atom is 0.223 e. The van der Waals surface area contributed by atoms with Gasteiger partial charge in [0.1, 0.15) is 5.75 Å². The van der Waals surface area contributed by atoms with Crippen LogP contribution in [-0.2, 0) is 11.3 Å². The average molecular weight is 396 g/mol. The molecule has 1 aliphatic heterocycles. The number of para-hydroxylation sites is 2. The minimum atomic E-state index is 0.253. The van der Waals surface area contributed by atoms with E-state index in [-0.39, 0.29) is 5.91 Å². The second-order valence-electron chi connectivity index (χ2n) is 7.84. The van der Waals surface area contributed by atoms with Gasteiger partial charge in [-0.05, 0) is 31.5 Å². The lowest BCUT2D eigenvalue weighted by Gasteiger charge is -2.37. The molecule has 1 heterocycles. The van der Waals surface area contributed by atoms with Crippen LogP contribution in [0.1, 0.15) is 25.8 Å². The number of hydrogen-bond acceptors (Lipinski definition) is 4. The van der Waals surface area contributed by atoms with E-state index in [0.29, 0.717) is 12.5 Å². The van der Waals surface area contributed by atoms with Gasteiger partial charge in [-0.3, -0.25) is 9.69 Å². The monoisotopic (exact) mass is 395 g/mol. The Morgan fingerprint density at radius 3 is 2.31 bits per heavy atom. The Kier molecular flexibility index (Phi) is 7.53. The van der Waals surface area contributed by atoms with Crippen molar-refractivity contribution in [1.82, 2.24) is 9.80 Å². The second-order valence-corrected chi connectivity index (χ2v) is 7.84. The highest BCUT2D eigenvalue weighted by atomic mass is 16.5.